The molecule has 0 saturated carbocycles. The number of rotatable bonds is 5. The summed E-state index contributed by atoms with van der Waals surface area (Å²) in [5.74, 6) is 1.79. The molecule has 4 nitrogen and oxygen atoms in total. The number of nitrogens with one attached hydrogen (secondary N) is 1. The smallest absolute Gasteiger partial charge is 0.229 e. The highest BCUT2D eigenvalue weighted by atomic mass is 32.2. The van der Waals surface area contributed by atoms with Crippen LogP contribution in [0.4, 0.5) is 0 Å². The molecule has 1 aromatic rings. The maximum absolute atomic E-state index is 11.9. The number of hydrogen-bond donors (Lipinski definition) is 1. The number of hydrogen-bond acceptors (Lipinski definition) is 4. The minimum Gasteiger partial charge on any atom is -0.370 e. The fraction of sp³-hybridized carbons (Fsp3) is 0.667. The Morgan fingerprint density at radius 2 is 2.12 bits per heavy atom. The van der Waals surface area contributed by atoms with Crippen LogP contribution in [-0.4, -0.2) is 60.2 Å². The van der Waals surface area contributed by atoms with E-state index < -0.39 is 0 Å². The second-order valence-electron chi connectivity index (χ2n) is 8.53. The van der Waals surface area contributed by atoms with E-state index in [0.29, 0.717) is 29.7 Å². The van der Waals surface area contributed by atoms with Crippen LogP contribution >= 0.6 is 11.8 Å². The summed E-state index contributed by atoms with van der Waals surface area (Å²) in [5, 5.41) is 3.16. The first-order valence-corrected chi connectivity index (χ1v) is 11.3. The lowest BCUT2D eigenvalue weighted by molar-refractivity contribution is -0.118. The molecule has 5 heteroatoms. The van der Waals surface area contributed by atoms with Crippen LogP contribution in [-0.2, 0) is 22.4 Å². The number of ether oxygens (including phenoxy) is 1. The van der Waals surface area contributed by atoms with Gasteiger partial charge in [-0.3, -0.25) is 9.69 Å². The van der Waals surface area contributed by atoms with Crippen molar-refractivity contribution < 1.29 is 9.53 Å². The van der Waals surface area contributed by atoms with Crippen LogP contribution in [0.5, 0.6) is 0 Å². The van der Waals surface area contributed by atoms with Gasteiger partial charge in [-0.2, -0.15) is 11.8 Å². The van der Waals surface area contributed by atoms with Crippen LogP contribution in [0.3, 0.4) is 0 Å². The van der Waals surface area contributed by atoms with E-state index >= 15 is 0 Å². The van der Waals surface area contributed by atoms with E-state index in [1.165, 1.54) is 30.4 Å². The minimum absolute atomic E-state index is 0.0638. The number of fused-ring (bicyclic) bond motifs is 2. The molecular weight excluding hydrogens is 344 g/mol. The molecule has 3 heterocycles. The van der Waals surface area contributed by atoms with E-state index in [1.807, 2.05) is 6.26 Å². The zero-order valence-corrected chi connectivity index (χ0v) is 16.3. The largest absolute Gasteiger partial charge is 0.370 e. The Morgan fingerprint density at radius 3 is 2.85 bits per heavy atom. The van der Waals surface area contributed by atoms with Crippen LogP contribution in [0.1, 0.15) is 24.0 Å². The van der Waals surface area contributed by atoms with Crippen molar-refractivity contribution >= 4 is 17.7 Å². The van der Waals surface area contributed by atoms with Crippen LogP contribution in [0.2, 0.25) is 0 Å². The van der Waals surface area contributed by atoms with Crippen molar-refractivity contribution in [3.05, 3.63) is 35.4 Å². The molecule has 140 valence electrons. The summed E-state index contributed by atoms with van der Waals surface area (Å²) in [6.45, 7) is 3.01. The predicted octanol–water partition coefficient (Wildman–Crippen LogP) is 2.11. The van der Waals surface area contributed by atoms with Crippen LogP contribution in [0.15, 0.2) is 24.3 Å². The van der Waals surface area contributed by atoms with Crippen LogP contribution in [0.25, 0.3) is 0 Å². The van der Waals surface area contributed by atoms with Crippen molar-refractivity contribution in [3.63, 3.8) is 0 Å². The first kappa shape index (κ1) is 17.1. The van der Waals surface area contributed by atoms with Gasteiger partial charge in [-0.1, -0.05) is 24.3 Å². The molecule has 0 radical (unpaired) electrons. The quantitative estimate of drug-likeness (QED) is 0.860. The molecule has 4 atom stereocenters. The average Bonchev–Trinajstić information content (AvgIpc) is 3.37. The van der Waals surface area contributed by atoms with Gasteiger partial charge in [-0.05, 0) is 43.1 Å². The average molecular weight is 373 g/mol. The SMILES string of the molecule is CSCC(=O)NC[C@H]1[C@H]2CN(C3Cc4ccccc4C3)C[C@]23CC[C@H]1O3. The fourth-order valence-corrected chi connectivity index (χ4v) is 6.35. The van der Waals surface area contributed by atoms with Crippen molar-refractivity contribution in [2.24, 2.45) is 11.8 Å². The van der Waals surface area contributed by atoms with Crippen LogP contribution < -0.4 is 5.32 Å². The maximum atomic E-state index is 11.9. The zero-order valence-electron chi connectivity index (χ0n) is 15.4. The Morgan fingerprint density at radius 1 is 1.35 bits per heavy atom. The number of nitrogens with zero attached hydrogens (tertiary/aromatic N) is 1. The van der Waals surface area contributed by atoms with Gasteiger partial charge in [-0.25, -0.2) is 0 Å². The molecule has 3 aliphatic heterocycles. The Labute approximate surface area is 160 Å². The van der Waals surface area contributed by atoms with Gasteiger partial charge < -0.3 is 10.1 Å². The lowest BCUT2D eigenvalue weighted by Crippen LogP contribution is -2.42. The lowest BCUT2D eigenvalue weighted by atomic mass is 9.73. The first-order valence-electron chi connectivity index (χ1n) is 9.93. The van der Waals surface area contributed by atoms with Gasteiger partial charge in [0.25, 0.3) is 0 Å². The molecule has 1 spiro atoms. The lowest BCUT2D eigenvalue weighted by Gasteiger charge is -2.29. The van der Waals surface area contributed by atoms with E-state index in [1.54, 1.807) is 11.8 Å². The summed E-state index contributed by atoms with van der Waals surface area (Å²) in [7, 11) is 0. The van der Waals surface area contributed by atoms with E-state index in [4.69, 9.17) is 4.74 Å². The molecule has 4 aliphatic rings. The van der Waals surface area contributed by atoms with Crippen LogP contribution in [0, 0.1) is 11.8 Å². The summed E-state index contributed by atoms with van der Waals surface area (Å²) in [6, 6.07) is 9.53. The standard InChI is InChI=1S/C21H28N2O2S/c1-26-12-20(24)22-10-17-18-11-23(13-21(18)7-6-19(17)25-21)16-8-14-4-2-3-5-15(14)9-16/h2-5,16-19H,6-13H2,1H3,(H,22,24)/t17-,18+,19+,21+/m0/s1. The van der Waals surface area contributed by atoms with Gasteiger partial charge in [-0.15, -0.1) is 0 Å². The number of likely N-dealkylation sites (tertiary alicyclic amines) is 1. The molecule has 1 aliphatic carbocycles. The molecule has 1 N–H and O–H groups in total. The third-order valence-corrected chi connectivity index (χ3v) is 7.72. The van der Waals surface area contributed by atoms with Gasteiger partial charge in [0.1, 0.15) is 0 Å². The Balaban J connectivity index is 1.27. The van der Waals surface area contributed by atoms with Gasteiger partial charge in [0.15, 0.2) is 0 Å². The summed E-state index contributed by atoms with van der Waals surface area (Å²) in [5.41, 5.74) is 3.12. The number of benzene rings is 1. The molecule has 3 fully saturated rings. The third kappa shape index (κ3) is 2.71. The maximum Gasteiger partial charge on any atom is 0.229 e. The molecule has 0 unspecified atom stereocenters. The molecular formula is C21H28N2O2S. The zero-order chi connectivity index (χ0) is 17.7. The topological polar surface area (TPSA) is 41.6 Å². The highest BCUT2D eigenvalue weighted by Crippen LogP contribution is 2.55. The highest BCUT2D eigenvalue weighted by Gasteiger charge is 2.63. The highest BCUT2D eigenvalue weighted by molar-refractivity contribution is 7.99. The summed E-state index contributed by atoms with van der Waals surface area (Å²) in [4.78, 5) is 14.6. The molecule has 5 rings (SSSR count). The van der Waals surface area contributed by atoms with Gasteiger partial charge >= 0.3 is 0 Å². The summed E-state index contributed by atoms with van der Waals surface area (Å²) >= 11 is 1.59. The number of carbonyl (C=O) groups excluding carboxylic acids is 1. The van der Waals surface area contributed by atoms with Gasteiger partial charge in [0.2, 0.25) is 5.91 Å². The second-order valence-corrected chi connectivity index (χ2v) is 9.39. The molecule has 1 aromatic carbocycles. The Kier molecular flexibility index (Phi) is 4.29. The van der Waals surface area contributed by atoms with Gasteiger partial charge in [0, 0.05) is 37.5 Å². The number of thioether (sulfide) groups is 1. The second kappa shape index (κ2) is 6.54. The van der Waals surface area contributed by atoms with Crippen molar-refractivity contribution in [1.29, 1.82) is 0 Å². The van der Waals surface area contributed by atoms with E-state index in [2.05, 4.69) is 34.5 Å². The molecule has 3 saturated heterocycles. The molecule has 1 amide bonds. The number of carbonyl (C=O) groups is 1. The van der Waals surface area contributed by atoms with E-state index in [-0.39, 0.29) is 11.5 Å². The fourth-order valence-electron chi connectivity index (χ4n) is 5.99. The predicted molar refractivity (Wildman–Crippen MR) is 104 cm³/mol. The molecule has 0 aromatic heterocycles. The van der Waals surface area contributed by atoms with Crippen molar-refractivity contribution in [2.45, 2.75) is 43.4 Å². The molecule has 2 bridgehead atoms. The van der Waals surface area contributed by atoms with Crippen molar-refractivity contribution in [3.8, 4) is 0 Å². The normalized spacial score (nSPS) is 35.7. The van der Waals surface area contributed by atoms with Crippen molar-refractivity contribution in [2.75, 3.05) is 31.6 Å². The Hall–Kier alpha value is -1.04. The van der Waals surface area contributed by atoms with Crippen molar-refractivity contribution in [1.82, 2.24) is 10.2 Å². The molecule has 26 heavy (non-hydrogen) atoms. The van der Waals surface area contributed by atoms with E-state index in [9.17, 15) is 4.79 Å². The minimum atomic E-state index is 0.0638. The summed E-state index contributed by atoms with van der Waals surface area (Å²) < 4.78 is 6.56. The van der Waals surface area contributed by atoms with E-state index in [0.717, 1.165) is 26.1 Å². The van der Waals surface area contributed by atoms with Gasteiger partial charge in [0.05, 0.1) is 17.5 Å². The summed E-state index contributed by atoms with van der Waals surface area (Å²) in [6.07, 6.45) is 7.06. The monoisotopic (exact) mass is 372 g/mol. The third-order valence-electron chi connectivity index (χ3n) is 7.17. The first-order chi connectivity index (χ1) is 12.7. The number of amides is 1. The Bertz CT molecular complexity index is 686.